The lowest BCUT2D eigenvalue weighted by Crippen LogP contribution is -2.45. The van der Waals surface area contributed by atoms with Crippen molar-refractivity contribution in [1.82, 2.24) is 10.2 Å². The van der Waals surface area contributed by atoms with E-state index in [9.17, 15) is 0 Å². The molecule has 0 spiro atoms. The van der Waals surface area contributed by atoms with Crippen LogP contribution in [0.3, 0.4) is 0 Å². The fraction of sp³-hybridized carbons (Fsp3) is 0.625. The number of nitrogens with one attached hydrogen (secondary N) is 1. The van der Waals surface area contributed by atoms with Crippen molar-refractivity contribution in [2.75, 3.05) is 20.2 Å². The number of hydrogen-bond acceptors (Lipinski definition) is 3. The first-order valence-electron chi connectivity index (χ1n) is 7.46. The number of piperidine rings is 1. The molecule has 0 amide bonds. The van der Waals surface area contributed by atoms with Crippen molar-refractivity contribution < 1.29 is 4.74 Å². The van der Waals surface area contributed by atoms with Crippen LogP contribution >= 0.6 is 0 Å². The molecule has 2 aliphatic rings. The molecule has 0 saturated carbocycles. The summed E-state index contributed by atoms with van der Waals surface area (Å²) in [6.07, 6.45) is 5.39. The summed E-state index contributed by atoms with van der Waals surface area (Å²) in [5.41, 5.74) is 1.26. The minimum absolute atomic E-state index is 0.671. The van der Waals surface area contributed by atoms with Crippen LogP contribution in [0.15, 0.2) is 24.3 Å². The Kier molecular flexibility index (Phi) is 4.04. The Bertz CT molecular complexity index is 421. The summed E-state index contributed by atoms with van der Waals surface area (Å²) in [5, 5.41) is 3.72. The van der Waals surface area contributed by atoms with Gasteiger partial charge in [0, 0.05) is 24.2 Å². The van der Waals surface area contributed by atoms with E-state index in [-0.39, 0.29) is 0 Å². The van der Waals surface area contributed by atoms with Crippen molar-refractivity contribution in [2.45, 2.75) is 44.3 Å². The molecule has 2 fully saturated rings. The summed E-state index contributed by atoms with van der Waals surface area (Å²) < 4.78 is 5.41. The Balaban J connectivity index is 1.54. The van der Waals surface area contributed by atoms with Gasteiger partial charge in [-0.05, 0) is 44.8 Å². The van der Waals surface area contributed by atoms with Gasteiger partial charge in [0.2, 0.25) is 0 Å². The lowest BCUT2D eigenvalue weighted by atomic mass is 9.97. The van der Waals surface area contributed by atoms with E-state index >= 15 is 0 Å². The number of benzene rings is 1. The van der Waals surface area contributed by atoms with Crippen molar-refractivity contribution in [2.24, 2.45) is 0 Å². The molecule has 1 aromatic rings. The average molecular weight is 260 g/mol. The molecule has 0 radical (unpaired) electrons. The molecule has 2 atom stereocenters. The van der Waals surface area contributed by atoms with Crippen LogP contribution in [-0.4, -0.2) is 37.2 Å². The van der Waals surface area contributed by atoms with E-state index in [1.165, 1.54) is 44.3 Å². The van der Waals surface area contributed by atoms with Gasteiger partial charge >= 0.3 is 0 Å². The highest BCUT2D eigenvalue weighted by Crippen LogP contribution is 2.27. The smallest absolute Gasteiger partial charge is 0.123 e. The molecule has 0 aliphatic carbocycles. The van der Waals surface area contributed by atoms with Gasteiger partial charge in [0.15, 0.2) is 0 Å². The summed E-state index contributed by atoms with van der Waals surface area (Å²) in [7, 11) is 1.75. The maximum atomic E-state index is 5.41. The van der Waals surface area contributed by atoms with Crippen molar-refractivity contribution in [3.8, 4) is 5.75 Å². The molecular weight excluding hydrogens is 236 g/mol. The highest BCUT2D eigenvalue weighted by atomic mass is 16.5. The molecular formula is C16H24N2O. The van der Waals surface area contributed by atoms with Gasteiger partial charge in [0.25, 0.3) is 0 Å². The lowest BCUT2D eigenvalue weighted by molar-refractivity contribution is 0.166. The Morgan fingerprint density at radius 1 is 1.26 bits per heavy atom. The van der Waals surface area contributed by atoms with Crippen LogP contribution in [-0.2, 0) is 6.54 Å². The molecule has 3 nitrogen and oxygen atoms in total. The standard InChI is InChI=1S/C16H24N2O/c1-19-16-7-3-2-5-13(16)12-17-14-8-10-18-9-4-6-15(18)11-14/h2-3,5,7,14-15,17H,4,6,8-12H2,1H3. The van der Waals surface area contributed by atoms with Crippen LogP contribution in [0.1, 0.15) is 31.2 Å². The molecule has 0 bridgehead atoms. The zero-order valence-corrected chi connectivity index (χ0v) is 11.8. The average Bonchev–Trinajstić information content (AvgIpc) is 2.93. The maximum Gasteiger partial charge on any atom is 0.123 e. The van der Waals surface area contributed by atoms with E-state index in [0.717, 1.165) is 18.3 Å². The van der Waals surface area contributed by atoms with E-state index in [4.69, 9.17) is 4.74 Å². The zero-order valence-electron chi connectivity index (χ0n) is 11.8. The Labute approximate surface area is 115 Å². The molecule has 3 heteroatoms. The Hall–Kier alpha value is -1.06. The van der Waals surface area contributed by atoms with Gasteiger partial charge in [-0.2, -0.15) is 0 Å². The fourth-order valence-electron chi connectivity index (χ4n) is 3.51. The van der Waals surface area contributed by atoms with Gasteiger partial charge in [0.05, 0.1) is 7.11 Å². The highest BCUT2D eigenvalue weighted by molar-refractivity contribution is 5.33. The van der Waals surface area contributed by atoms with Crippen molar-refractivity contribution in [3.05, 3.63) is 29.8 Å². The SMILES string of the molecule is COc1ccccc1CNC1CCN2CCCC2C1. The number of hydrogen-bond donors (Lipinski definition) is 1. The van der Waals surface area contributed by atoms with E-state index < -0.39 is 0 Å². The summed E-state index contributed by atoms with van der Waals surface area (Å²) in [5.74, 6) is 0.994. The minimum Gasteiger partial charge on any atom is -0.496 e. The first kappa shape index (κ1) is 12.9. The van der Waals surface area contributed by atoms with Gasteiger partial charge in [-0.25, -0.2) is 0 Å². The van der Waals surface area contributed by atoms with Crippen molar-refractivity contribution >= 4 is 0 Å². The molecule has 3 rings (SSSR count). The Morgan fingerprint density at radius 2 is 2.16 bits per heavy atom. The molecule has 19 heavy (non-hydrogen) atoms. The first-order chi connectivity index (χ1) is 9.36. The fourth-order valence-corrected chi connectivity index (χ4v) is 3.51. The predicted molar refractivity (Wildman–Crippen MR) is 77.5 cm³/mol. The van der Waals surface area contributed by atoms with E-state index in [1.54, 1.807) is 7.11 Å². The minimum atomic E-state index is 0.671. The number of nitrogens with zero attached hydrogens (tertiary/aromatic N) is 1. The second-order valence-corrected chi connectivity index (χ2v) is 5.75. The third-order valence-electron chi connectivity index (χ3n) is 4.59. The number of para-hydroxylation sites is 1. The summed E-state index contributed by atoms with van der Waals surface area (Å²) >= 11 is 0. The van der Waals surface area contributed by atoms with Crippen LogP contribution in [0.2, 0.25) is 0 Å². The Morgan fingerprint density at radius 3 is 3.05 bits per heavy atom. The van der Waals surface area contributed by atoms with Crippen LogP contribution in [0.25, 0.3) is 0 Å². The molecule has 104 valence electrons. The van der Waals surface area contributed by atoms with Crippen LogP contribution in [0.4, 0.5) is 0 Å². The molecule has 2 saturated heterocycles. The van der Waals surface area contributed by atoms with Crippen LogP contribution < -0.4 is 10.1 Å². The van der Waals surface area contributed by atoms with E-state index in [2.05, 4.69) is 22.3 Å². The van der Waals surface area contributed by atoms with Gasteiger partial charge in [0.1, 0.15) is 5.75 Å². The monoisotopic (exact) mass is 260 g/mol. The predicted octanol–water partition coefficient (Wildman–Crippen LogP) is 2.41. The highest BCUT2D eigenvalue weighted by Gasteiger charge is 2.31. The van der Waals surface area contributed by atoms with Crippen LogP contribution in [0, 0.1) is 0 Å². The molecule has 0 aromatic heterocycles. The number of methoxy groups -OCH3 is 1. The lowest BCUT2D eigenvalue weighted by Gasteiger charge is -2.35. The second kappa shape index (κ2) is 5.93. The topological polar surface area (TPSA) is 24.5 Å². The van der Waals surface area contributed by atoms with Crippen molar-refractivity contribution in [1.29, 1.82) is 0 Å². The quantitative estimate of drug-likeness (QED) is 0.900. The molecule has 1 N–H and O–H groups in total. The molecule has 2 heterocycles. The zero-order chi connectivity index (χ0) is 13.1. The third-order valence-corrected chi connectivity index (χ3v) is 4.59. The van der Waals surface area contributed by atoms with Gasteiger partial charge in [-0.15, -0.1) is 0 Å². The molecule has 2 aliphatic heterocycles. The molecule has 2 unspecified atom stereocenters. The van der Waals surface area contributed by atoms with Gasteiger partial charge in [-0.3, -0.25) is 0 Å². The van der Waals surface area contributed by atoms with Crippen molar-refractivity contribution in [3.63, 3.8) is 0 Å². The van der Waals surface area contributed by atoms with E-state index in [1.807, 2.05) is 12.1 Å². The second-order valence-electron chi connectivity index (χ2n) is 5.75. The first-order valence-corrected chi connectivity index (χ1v) is 7.46. The largest absolute Gasteiger partial charge is 0.496 e. The van der Waals surface area contributed by atoms with E-state index in [0.29, 0.717) is 6.04 Å². The number of fused-ring (bicyclic) bond motifs is 1. The third kappa shape index (κ3) is 2.93. The van der Waals surface area contributed by atoms with Crippen LogP contribution in [0.5, 0.6) is 5.75 Å². The summed E-state index contributed by atoms with van der Waals surface area (Å²) in [6.45, 7) is 3.51. The molecule has 1 aromatic carbocycles. The number of rotatable bonds is 4. The summed E-state index contributed by atoms with van der Waals surface area (Å²) in [4.78, 5) is 2.67. The number of ether oxygens (including phenoxy) is 1. The van der Waals surface area contributed by atoms with Gasteiger partial charge < -0.3 is 15.0 Å². The maximum absolute atomic E-state index is 5.41. The summed E-state index contributed by atoms with van der Waals surface area (Å²) in [6, 6.07) is 9.80. The van der Waals surface area contributed by atoms with Gasteiger partial charge in [-0.1, -0.05) is 18.2 Å². The normalized spacial score (nSPS) is 27.2.